The van der Waals surface area contributed by atoms with Crippen molar-refractivity contribution in [3.05, 3.63) is 28.8 Å². The number of anilines is 1. The molecule has 1 saturated heterocycles. The number of carbonyl (C=O) groups is 2. The highest BCUT2D eigenvalue weighted by atomic mass is 16.6. The summed E-state index contributed by atoms with van der Waals surface area (Å²) < 4.78 is 10.5. The van der Waals surface area contributed by atoms with Crippen LogP contribution in [0.1, 0.15) is 21.5 Å². The van der Waals surface area contributed by atoms with Crippen LogP contribution in [0.25, 0.3) is 0 Å². The van der Waals surface area contributed by atoms with Crippen molar-refractivity contribution in [1.82, 2.24) is 0 Å². The Bertz CT molecular complexity index is 535. The third-order valence-electron chi connectivity index (χ3n) is 3.07. The van der Waals surface area contributed by atoms with E-state index in [1.807, 2.05) is 13.0 Å². The lowest BCUT2D eigenvalue weighted by Gasteiger charge is -2.23. The van der Waals surface area contributed by atoms with Gasteiger partial charge in [0.15, 0.2) is 6.10 Å². The molecule has 1 atom stereocenters. The van der Waals surface area contributed by atoms with Crippen LogP contribution in [-0.2, 0) is 14.3 Å². The van der Waals surface area contributed by atoms with E-state index in [4.69, 9.17) is 9.47 Å². The second-order valence-corrected chi connectivity index (χ2v) is 4.73. The zero-order chi connectivity index (χ0) is 14.7. The molecule has 0 saturated carbocycles. The smallest absolute Gasteiger partial charge is 0.337 e. The van der Waals surface area contributed by atoms with E-state index >= 15 is 0 Å². The minimum absolute atomic E-state index is 0.0765. The van der Waals surface area contributed by atoms with E-state index < -0.39 is 12.1 Å². The van der Waals surface area contributed by atoms with Crippen LogP contribution in [0.3, 0.4) is 0 Å². The Hall–Kier alpha value is -1.92. The van der Waals surface area contributed by atoms with Crippen LogP contribution in [0.15, 0.2) is 12.1 Å². The number of carboxylic acid groups (broad SMARTS) is 1. The van der Waals surface area contributed by atoms with Gasteiger partial charge >= 0.3 is 5.97 Å². The van der Waals surface area contributed by atoms with E-state index in [-0.39, 0.29) is 18.1 Å². The number of carboxylic acids is 1. The highest BCUT2D eigenvalue weighted by Gasteiger charge is 2.25. The largest absolute Gasteiger partial charge is 0.478 e. The van der Waals surface area contributed by atoms with E-state index in [0.717, 1.165) is 5.56 Å². The Morgan fingerprint density at radius 3 is 2.65 bits per heavy atom. The van der Waals surface area contributed by atoms with Crippen molar-refractivity contribution in [1.29, 1.82) is 0 Å². The highest BCUT2D eigenvalue weighted by Crippen LogP contribution is 2.23. The van der Waals surface area contributed by atoms with Crippen molar-refractivity contribution in [3.8, 4) is 0 Å². The summed E-state index contributed by atoms with van der Waals surface area (Å²) in [7, 11) is 0. The van der Waals surface area contributed by atoms with Crippen molar-refractivity contribution in [3.63, 3.8) is 0 Å². The van der Waals surface area contributed by atoms with Gasteiger partial charge in [0, 0.05) is 0 Å². The van der Waals surface area contributed by atoms with Gasteiger partial charge in [0.05, 0.1) is 31.1 Å². The van der Waals surface area contributed by atoms with Crippen molar-refractivity contribution in [2.24, 2.45) is 0 Å². The standard InChI is InChI=1S/C14H17NO5/c1-8-5-9(2)12(10(6-8)14(17)18)15-13(16)11-7-19-3-4-20-11/h5-6,11H,3-4,7H2,1-2H3,(H,15,16)(H,17,18). The molecule has 1 fully saturated rings. The highest BCUT2D eigenvalue weighted by molar-refractivity contribution is 6.03. The molecule has 20 heavy (non-hydrogen) atoms. The summed E-state index contributed by atoms with van der Waals surface area (Å²) in [6.07, 6.45) is -0.703. The van der Waals surface area contributed by atoms with Crippen LogP contribution in [0.4, 0.5) is 5.69 Å². The molecule has 1 aromatic carbocycles. The SMILES string of the molecule is Cc1cc(C)c(NC(=O)C2COCCO2)c(C(=O)O)c1. The van der Waals surface area contributed by atoms with Gasteiger partial charge in [-0.2, -0.15) is 0 Å². The number of nitrogens with one attached hydrogen (secondary N) is 1. The maximum absolute atomic E-state index is 12.1. The molecular weight excluding hydrogens is 262 g/mol. The molecule has 1 unspecified atom stereocenters. The summed E-state index contributed by atoms with van der Waals surface area (Å²) in [5.41, 5.74) is 1.91. The molecule has 6 nitrogen and oxygen atoms in total. The zero-order valence-corrected chi connectivity index (χ0v) is 11.4. The van der Waals surface area contributed by atoms with Gasteiger partial charge in [-0.05, 0) is 31.0 Å². The topological polar surface area (TPSA) is 84.9 Å². The van der Waals surface area contributed by atoms with Crippen LogP contribution in [0, 0.1) is 13.8 Å². The molecule has 1 aliphatic heterocycles. The number of benzene rings is 1. The van der Waals surface area contributed by atoms with Crippen LogP contribution >= 0.6 is 0 Å². The molecule has 1 heterocycles. The lowest BCUT2D eigenvalue weighted by molar-refractivity contribution is -0.142. The molecule has 2 rings (SSSR count). The molecule has 1 aromatic rings. The zero-order valence-electron chi connectivity index (χ0n) is 11.4. The van der Waals surface area contributed by atoms with Crippen molar-refractivity contribution < 1.29 is 24.2 Å². The van der Waals surface area contributed by atoms with Gasteiger partial charge in [0.25, 0.3) is 5.91 Å². The molecule has 6 heteroatoms. The van der Waals surface area contributed by atoms with Crippen LogP contribution in [0.2, 0.25) is 0 Å². The van der Waals surface area contributed by atoms with Gasteiger partial charge in [0.2, 0.25) is 0 Å². The minimum atomic E-state index is -1.08. The number of aryl methyl sites for hydroxylation is 2. The Labute approximate surface area is 116 Å². The average Bonchev–Trinajstić information content (AvgIpc) is 2.42. The van der Waals surface area contributed by atoms with Gasteiger partial charge in [-0.1, -0.05) is 6.07 Å². The van der Waals surface area contributed by atoms with Crippen LogP contribution in [0.5, 0.6) is 0 Å². The summed E-state index contributed by atoms with van der Waals surface area (Å²) in [4.78, 5) is 23.3. The summed E-state index contributed by atoms with van der Waals surface area (Å²) in [6.45, 7) is 4.57. The maximum Gasteiger partial charge on any atom is 0.337 e. The summed E-state index contributed by atoms with van der Waals surface area (Å²) in [6, 6.07) is 3.35. The van der Waals surface area contributed by atoms with Gasteiger partial charge in [-0.3, -0.25) is 4.79 Å². The van der Waals surface area contributed by atoms with Crippen molar-refractivity contribution in [2.45, 2.75) is 20.0 Å². The van der Waals surface area contributed by atoms with E-state index in [1.54, 1.807) is 6.92 Å². The van der Waals surface area contributed by atoms with Crippen molar-refractivity contribution >= 4 is 17.6 Å². The predicted molar refractivity (Wildman–Crippen MR) is 72.1 cm³/mol. The Kier molecular flexibility index (Phi) is 4.36. The lowest BCUT2D eigenvalue weighted by Crippen LogP contribution is -2.39. The Balaban J connectivity index is 2.23. The molecule has 0 aliphatic carbocycles. The molecule has 2 N–H and O–H groups in total. The van der Waals surface area contributed by atoms with Gasteiger partial charge in [-0.15, -0.1) is 0 Å². The monoisotopic (exact) mass is 279 g/mol. The third kappa shape index (κ3) is 3.15. The molecule has 1 amide bonds. The molecule has 0 radical (unpaired) electrons. The molecule has 1 aliphatic rings. The molecule has 0 aromatic heterocycles. The molecule has 108 valence electrons. The van der Waals surface area contributed by atoms with Crippen LogP contribution < -0.4 is 5.32 Å². The van der Waals surface area contributed by atoms with Crippen LogP contribution in [-0.4, -0.2) is 42.9 Å². The van der Waals surface area contributed by atoms with Gasteiger partial charge in [-0.25, -0.2) is 4.79 Å². The van der Waals surface area contributed by atoms with E-state index in [9.17, 15) is 14.7 Å². The molecular formula is C14H17NO5. The third-order valence-corrected chi connectivity index (χ3v) is 3.07. The first-order valence-electron chi connectivity index (χ1n) is 6.34. The number of rotatable bonds is 3. The van der Waals surface area contributed by atoms with Crippen molar-refractivity contribution in [2.75, 3.05) is 25.1 Å². The summed E-state index contributed by atoms with van der Waals surface area (Å²) in [5.74, 6) is -1.47. The Morgan fingerprint density at radius 1 is 1.30 bits per heavy atom. The second kappa shape index (κ2) is 6.02. The lowest BCUT2D eigenvalue weighted by atomic mass is 10.0. The number of hydrogen-bond acceptors (Lipinski definition) is 4. The fourth-order valence-electron chi connectivity index (χ4n) is 2.15. The first-order chi connectivity index (χ1) is 9.49. The maximum atomic E-state index is 12.1. The normalized spacial score (nSPS) is 18.6. The first kappa shape index (κ1) is 14.5. The predicted octanol–water partition coefficient (Wildman–Crippen LogP) is 1.36. The van der Waals surface area contributed by atoms with Gasteiger partial charge in [0.1, 0.15) is 0 Å². The van der Waals surface area contributed by atoms with E-state index in [0.29, 0.717) is 24.5 Å². The second-order valence-electron chi connectivity index (χ2n) is 4.73. The quantitative estimate of drug-likeness (QED) is 0.872. The number of aromatic carboxylic acids is 1. The first-order valence-corrected chi connectivity index (χ1v) is 6.34. The fraction of sp³-hybridized carbons (Fsp3) is 0.429. The van der Waals surface area contributed by atoms with Gasteiger partial charge < -0.3 is 19.9 Å². The number of carbonyl (C=O) groups excluding carboxylic acids is 1. The Morgan fingerprint density at radius 2 is 2.05 bits per heavy atom. The average molecular weight is 279 g/mol. The summed E-state index contributed by atoms with van der Waals surface area (Å²) in [5, 5.41) is 11.9. The minimum Gasteiger partial charge on any atom is -0.478 e. The van der Waals surface area contributed by atoms with E-state index in [2.05, 4.69) is 5.32 Å². The number of hydrogen-bond donors (Lipinski definition) is 2. The number of ether oxygens (including phenoxy) is 2. The molecule has 0 bridgehead atoms. The summed E-state index contributed by atoms with van der Waals surface area (Å²) >= 11 is 0. The van der Waals surface area contributed by atoms with E-state index in [1.165, 1.54) is 6.07 Å². The molecule has 0 spiro atoms. The fourth-order valence-corrected chi connectivity index (χ4v) is 2.15. The number of amides is 1.